The van der Waals surface area contributed by atoms with E-state index < -0.39 is 0 Å². The van der Waals surface area contributed by atoms with Crippen LogP contribution in [0.3, 0.4) is 0 Å². The van der Waals surface area contributed by atoms with Crippen LogP contribution in [-0.4, -0.2) is 28.5 Å². The number of esters is 1. The van der Waals surface area contributed by atoms with E-state index >= 15 is 0 Å². The Morgan fingerprint density at radius 1 is 1.50 bits per heavy atom. The molecule has 94 valence electrons. The van der Waals surface area contributed by atoms with Gasteiger partial charge in [-0.2, -0.15) is 0 Å². The summed E-state index contributed by atoms with van der Waals surface area (Å²) in [5, 5.41) is 0.494. The molecule has 1 aromatic rings. The number of carbonyl (C=O) groups is 1. The number of fused-ring (bicyclic) bond motifs is 1. The van der Waals surface area contributed by atoms with Crippen molar-refractivity contribution in [1.29, 1.82) is 0 Å². The van der Waals surface area contributed by atoms with Gasteiger partial charge in [-0.05, 0) is 24.5 Å². The van der Waals surface area contributed by atoms with Crippen LogP contribution in [0.15, 0.2) is 30.1 Å². The summed E-state index contributed by atoms with van der Waals surface area (Å²) in [6.45, 7) is 1.69. The molecular formula is C13H13ClN2O2. The largest absolute Gasteiger partial charge is 0.453 e. The minimum absolute atomic E-state index is 0.0495. The lowest BCUT2D eigenvalue weighted by molar-refractivity contribution is -0.139. The van der Waals surface area contributed by atoms with E-state index in [1.54, 1.807) is 18.3 Å². The van der Waals surface area contributed by atoms with Crippen molar-refractivity contribution < 1.29 is 9.53 Å². The Kier molecular flexibility index (Phi) is 2.96. The zero-order valence-corrected chi connectivity index (χ0v) is 10.6. The molecule has 0 N–H and O–H groups in total. The zero-order chi connectivity index (χ0) is 12.5. The molecule has 2 aliphatic heterocycles. The minimum Gasteiger partial charge on any atom is -0.453 e. The number of halogens is 1. The molecule has 0 bridgehead atoms. The molecular weight excluding hydrogens is 252 g/mol. The van der Waals surface area contributed by atoms with E-state index in [9.17, 15) is 4.79 Å². The SMILES string of the molecule is O=C1C=C2C(CCCN2Cc2ccc(Cl)nc2)O1. The quantitative estimate of drug-likeness (QED) is 0.606. The molecule has 0 aliphatic carbocycles. The van der Waals surface area contributed by atoms with Gasteiger partial charge in [-0.3, -0.25) is 0 Å². The number of hydrogen-bond acceptors (Lipinski definition) is 4. The average Bonchev–Trinajstić information content (AvgIpc) is 2.73. The van der Waals surface area contributed by atoms with Crippen LogP contribution in [0.5, 0.6) is 0 Å². The third kappa shape index (κ3) is 2.20. The molecule has 1 saturated heterocycles. The standard InChI is InChI=1S/C13H13ClN2O2/c14-12-4-3-9(7-15-12)8-16-5-1-2-11-10(16)6-13(17)18-11/h3-4,6-7,11H,1-2,5,8H2. The van der Waals surface area contributed by atoms with Crippen LogP contribution in [0, 0.1) is 0 Å². The van der Waals surface area contributed by atoms with Gasteiger partial charge in [0.25, 0.3) is 0 Å². The Morgan fingerprint density at radius 2 is 2.39 bits per heavy atom. The van der Waals surface area contributed by atoms with Crippen LogP contribution in [-0.2, 0) is 16.1 Å². The van der Waals surface area contributed by atoms with Crippen molar-refractivity contribution in [3.05, 3.63) is 40.8 Å². The van der Waals surface area contributed by atoms with Crippen molar-refractivity contribution in [2.75, 3.05) is 6.54 Å². The van der Waals surface area contributed by atoms with Crippen molar-refractivity contribution in [3.8, 4) is 0 Å². The van der Waals surface area contributed by atoms with Crippen LogP contribution < -0.4 is 0 Å². The molecule has 1 aromatic heterocycles. The highest BCUT2D eigenvalue weighted by molar-refractivity contribution is 6.29. The first kappa shape index (κ1) is 11.5. The number of rotatable bonds is 2. The number of ether oxygens (including phenoxy) is 1. The van der Waals surface area contributed by atoms with E-state index in [0.717, 1.165) is 37.2 Å². The third-order valence-electron chi connectivity index (χ3n) is 3.28. The molecule has 0 aromatic carbocycles. The van der Waals surface area contributed by atoms with Crippen molar-refractivity contribution in [3.63, 3.8) is 0 Å². The minimum atomic E-state index is -0.226. The maximum atomic E-state index is 11.3. The van der Waals surface area contributed by atoms with Crippen molar-refractivity contribution >= 4 is 17.6 Å². The molecule has 4 nitrogen and oxygen atoms in total. The number of piperidine rings is 1. The van der Waals surface area contributed by atoms with Crippen LogP contribution in [0.2, 0.25) is 5.15 Å². The average molecular weight is 265 g/mol. The molecule has 5 heteroatoms. The second-order valence-electron chi connectivity index (χ2n) is 4.55. The van der Waals surface area contributed by atoms with Gasteiger partial charge in [-0.25, -0.2) is 9.78 Å². The molecule has 0 amide bonds. The molecule has 1 fully saturated rings. The van der Waals surface area contributed by atoms with Gasteiger partial charge in [0.2, 0.25) is 0 Å². The Morgan fingerprint density at radius 3 is 3.17 bits per heavy atom. The van der Waals surface area contributed by atoms with E-state index in [1.165, 1.54) is 0 Å². The van der Waals surface area contributed by atoms with Gasteiger partial charge >= 0.3 is 5.97 Å². The summed E-state index contributed by atoms with van der Waals surface area (Å²) in [5.74, 6) is -0.226. The van der Waals surface area contributed by atoms with E-state index in [4.69, 9.17) is 16.3 Å². The van der Waals surface area contributed by atoms with Gasteiger partial charge in [-0.1, -0.05) is 17.7 Å². The lowest BCUT2D eigenvalue weighted by atomic mass is 10.0. The second-order valence-corrected chi connectivity index (χ2v) is 4.93. The van der Waals surface area contributed by atoms with Crippen LogP contribution >= 0.6 is 11.6 Å². The van der Waals surface area contributed by atoms with Crippen molar-refractivity contribution in [1.82, 2.24) is 9.88 Å². The summed E-state index contributed by atoms with van der Waals surface area (Å²) in [7, 11) is 0. The van der Waals surface area contributed by atoms with Crippen LogP contribution in [0.4, 0.5) is 0 Å². The van der Waals surface area contributed by atoms with Crippen molar-refractivity contribution in [2.45, 2.75) is 25.5 Å². The van der Waals surface area contributed by atoms with Gasteiger partial charge < -0.3 is 9.64 Å². The number of aromatic nitrogens is 1. The first-order chi connectivity index (χ1) is 8.72. The lowest BCUT2D eigenvalue weighted by Crippen LogP contribution is -2.34. The van der Waals surface area contributed by atoms with E-state index in [0.29, 0.717) is 5.15 Å². The zero-order valence-electron chi connectivity index (χ0n) is 9.80. The van der Waals surface area contributed by atoms with Gasteiger partial charge in [0.1, 0.15) is 11.3 Å². The predicted molar refractivity (Wildman–Crippen MR) is 66.9 cm³/mol. The molecule has 18 heavy (non-hydrogen) atoms. The number of nitrogens with zero attached hydrogens (tertiary/aromatic N) is 2. The highest BCUT2D eigenvalue weighted by Crippen LogP contribution is 2.29. The van der Waals surface area contributed by atoms with E-state index in [2.05, 4.69) is 9.88 Å². The molecule has 0 spiro atoms. The molecule has 3 heterocycles. The monoisotopic (exact) mass is 264 g/mol. The Labute approximate surface area is 110 Å². The molecule has 1 unspecified atom stereocenters. The number of carbonyl (C=O) groups excluding carboxylic acids is 1. The lowest BCUT2D eigenvalue weighted by Gasteiger charge is -2.33. The normalized spacial score (nSPS) is 22.5. The summed E-state index contributed by atoms with van der Waals surface area (Å²) in [6.07, 6.45) is 5.28. The van der Waals surface area contributed by atoms with E-state index in [-0.39, 0.29) is 12.1 Å². The topological polar surface area (TPSA) is 42.4 Å². The van der Waals surface area contributed by atoms with Gasteiger partial charge in [0.05, 0.1) is 5.70 Å². The van der Waals surface area contributed by atoms with Crippen LogP contribution in [0.25, 0.3) is 0 Å². The molecule has 0 radical (unpaired) electrons. The van der Waals surface area contributed by atoms with Crippen LogP contribution in [0.1, 0.15) is 18.4 Å². The first-order valence-electron chi connectivity index (χ1n) is 6.00. The first-order valence-corrected chi connectivity index (χ1v) is 6.38. The summed E-state index contributed by atoms with van der Waals surface area (Å²) in [4.78, 5) is 17.5. The van der Waals surface area contributed by atoms with Crippen molar-refractivity contribution in [2.24, 2.45) is 0 Å². The summed E-state index contributed by atoms with van der Waals surface area (Å²) < 4.78 is 5.24. The summed E-state index contributed by atoms with van der Waals surface area (Å²) in [6, 6.07) is 3.74. The number of likely N-dealkylation sites (tertiary alicyclic amines) is 1. The number of hydrogen-bond donors (Lipinski definition) is 0. The fraction of sp³-hybridized carbons (Fsp3) is 0.385. The highest BCUT2D eigenvalue weighted by atomic mass is 35.5. The summed E-state index contributed by atoms with van der Waals surface area (Å²) in [5.41, 5.74) is 2.08. The maximum absolute atomic E-state index is 11.3. The highest BCUT2D eigenvalue weighted by Gasteiger charge is 2.33. The van der Waals surface area contributed by atoms with Gasteiger partial charge in [-0.15, -0.1) is 0 Å². The predicted octanol–water partition coefficient (Wildman–Crippen LogP) is 2.14. The second kappa shape index (κ2) is 4.61. The molecule has 1 atom stereocenters. The Bertz CT molecular complexity index is 498. The van der Waals surface area contributed by atoms with E-state index in [1.807, 2.05) is 6.07 Å². The number of pyridine rings is 1. The molecule has 0 saturated carbocycles. The fourth-order valence-corrected chi connectivity index (χ4v) is 2.55. The molecule has 2 aliphatic rings. The smallest absolute Gasteiger partial charge is 0.333 e. The Balaban J connectivity index is 1.77. The van der Waals surface area contributed by atoms with Gasteiger partial charge in [0.15, 0.2) is 0 Å². The maximum Gasteiger partial charge on any atom is 0.333 e. The van der Waals surface area contributed by atoms with Gasteiger partial charge in [0, 0.05) is 25.4 Å². The summed E-state index contributed by atoms with van der Waals surface area (Å²) >= 11 is 5.76. The fourth-order valence-electron chi connectivity index (χ4n) is 2.44. The molecule has 3 rings (SSSR count). The third-order valence-corrected chi connectivity index (χ3v) is 3.50. The Hall–Kier alpha value is -1.55.